The van der Waals surface area contributed by atoms with Crippen LogP contribution in [-0.4, -0.2) is 58.8 Å². The third-order valence-electron chi connectivity index (χ3n) is 4.97. The molecule has 7 heteroatoms. The molecule has 1 atom stereocenters. The van der Waals surface area contributed by atoms with Crippen molar-refractivity contribution < 1.29 is 14.3 Å². The van der Waals surface area contributed by atoms with E-state index < -0.39 is 5.60 Å². The molecule has 1 fully saturated rings. The maximum Gasteiger partial charge on any atom is 0.220 e. The number of carbonyl (C=O) groups excluding carboxylic acids is 2. The van der Waals surface area contributed by atoms with E-state index in [9.17, 15) is 9.59 Å². The lowest BCUT2D eigenvalue weighted by molar-refractivity contribution is -0.139. The van der Waals surface area contributed by atoms with Crippen molar-refractivity contribution in [1.82, 2.24) is 20.0 Å². The SMILES string of the molecule is COC1(CCC(=O)NCCn2nc(C)cc2C)CCCN(C(C)=O)C1. The second-order valence-corrected chi connectivity index (χ2v) is 6.93. The zero-order chi connectivity index (χ0) is 18.4. The van der Waals surface area contributed by atoms with Crippen LogP contribution in [0.25, 0.3) is 0 Å². The van der Waals surface area contributed by atoms with E-state index >= 15 is 0 Å². The summed E-state index contributed by atoms with van der Waals surface area (Å²) < 4.78 is 7.61. The summed E-state index contributed by atoms with van der Waals surface area (Å²) in [6, 6.07) is 2.02. The van der Waals surface area contributed by atoms with Gasteiger partial charge in [0.25, 0.3) is 0 Å². The summed E-state index contributed by atoms with van der Waals surface area (Å²) in [5.41, 5.74) is 1.67. The molecule has 1 N–H and O–H groups in total. The van der Waals surface area contributed by atoms with Crippen LogP contribution < -0.4 is 5.32 Å². The summed E-state index contributed by atoms with van der Waals surface area (Å²) in [6.07, 6.45) is 2.81. The zero-order valence-electron chi connectivity index (χ0n) is 15.8. The van der Waals surface area contributed by atoms with Gasteiger partial charge in [-0.15, -0.1) is 0 Å². The highest BCUT2D eigenvalue weighted by molar-refractivity contribution is 5.76. The number of aryl methyl sites for hydroxylation is 2. The highest BCUT2D eigenvalue weighted by atomic mass is 16.5. The second-order valence-electron chi connectivity index (χ2n) is 6.93. The smallest absolute Gasteiger partial charge is 0.220 e. The fourth-order valence-electron chi connectivity index (χ4n) is 3.47. The topological polar surface area (TPSA) is 76.5 Å². The molecular weight excluding hydrogens is 320 g/mol. The summed E-state index contributed by atoms with van der Waals surface area (Å²) in [6.45, 7) is 8.11. The molecule has 1 unspecified atom stereocenters. The van der Waals surface area contributed by atoms with Crippen LogP contribution >= 0.6 is 0 Å². The van der Waals surface area contributed by atoms with Gasteiger partial charge in [0.15, 0.2) is 0 Å². The van der Waals surface area contributed by atoms with Crippen LogP contribution in [0, 0.1) is 13.8 Å². The number of rotatable bonds is 7. The van der Waals surface area contributed by atoms with Crippen LogP contribution in [0.3, 0.4) is 0 Å². The van der Waals surface area contributed by atoms with Gasteiger partial charge in [-0.25, -0.2) is 0 Å². The number of nitrogens with one attached hydrogen (secondary N) is 1. The number of likely N-dealkylation sites (tertiary alicyclic amines) is 1. The van der Waals surface area contributed by atoms with Gasteiger partial charge in [0.05, 0.1) is 17.8 Å². The van der Waals surface area contributed by atoms with Crippen LogP contribution in [0.2, 0.25) is 0 Å². The Morgan fingerprint density at radius 3 is 2.76 bits per heavy atom. The van der Waals surface area contributed by atoms with E-state index in [0.29, 0.717) is 32.5 Å². The van der Waals surface area contributed by atoms with Gasteiger partial charge < -0.3 is 15.0 Å². The van der Waals surface area contributed by atoms with Crippen LogP contribution in [0.4, 0.5) is 0 Å². The lowest BCUT2D eigenvalue weighted by Crippen LogP contribution is -2.51. The standard InChI is InChI=1S/C18H30N4O3/c1-14-12-15(2)22(20-14)11-9-19-17(24)6-8-18(25-4)7-5-10-21(13-18)16(3)23/h12H,5-11,13H2,1-4H3,(H,19,24). The number of ether oxygens (including phenoxy) is 1. The third kappa shape index (κ3) is 5.29. The molecule has 25 heavy (non-hydrogen) atoms. The van der Waals surface area contributed by atoms with E-state index in [-0.39, 0.29) is 11.8 Å². The van der Waals surface area contributed by atoms with Crippen molar-refractivity contribution in [2.45, 2.75) is 58.6 Å². The molecule has 1 saturated heterocycles. The van der Waals surface area contributed by atoms with Crippen molar-refractivity contribution in [3.8, 4) is 0 Å². The van der Waals surface area contributed by atoms with E-state index in [4.69, 9.17) is 4.74 Å². The van der Waals surface area contributed by atoms with Gasteiger partial charge in [-0.1, -0.05) is 0 Å². The van der Waals surface area contributed by atoms with Crippen molar-refractivity contribution >= 4 is 11.8 Å². The minimum absolute atomic E-state index is 0.0119. The Morgan fingerprint density at radius 2 is 2.16 bits per heavy atom. The first kappa shape index (κ1) is 19.4. The van der Waals surface area contributed by atoms with Gasteiger partial charge in [-0.2, -0.15) is 5.10 Å². The van der Waals surface area contributed by atoms with E-state index in [1.54, 1.807) is 14.0 Å². The molecule has 0 aromatic carbocycles. The van der Waals surface area contributed by atoms with E-state index in [1.165, 1.54) is 0 Å². The van der Waals surface area contributed by atoms with E-state index in [2.05, 4.69) is 10.4 Å². The molecule has 7 nitrogen and oxygen atoms in total. The Hall–Kier alpha value is -1.89. The molecule has 1 aliphatic heterocycles. The van der Waals surface area contributed by atoms with E-state index in [0.717, 1.165) is 30.8 Å². The van der Waals surface area contributed by atoms with Crippen molar-refractivity contribution in [2.24, 2.45) is 0 Å². The average molecular weight is 350 g/mol. The Morgan fingerprint density at radius 1 is 1.40 bits per heavy atom. The second kappa shape index (κ2) is 8.47. The normalized spacial score (nSPS) is 20.6. The number of hydrogen-bond donors (Lipinski definition) is 1. The van der Waals surface area contributed by atoms with Crippen LogP contribution in [0.15, 0.2) is 6.07 Å². The van der Waals surface area contributed by atoms with Gasteiger partial charge in [0, 0.05) is 45.8 Å². The fraction of sp³-hybridized carbons (Fsp3) is 0.722. The lowest BCUT2D eigenvalue weighted by Gasteiger charge is -2.41. The molecule has 0 radical (unpaired) electrons. The molecule has 1 aliphatic rings. The lowest BCUT2D eigenvalue weighted by atomic mass is 9.87. The van der Waals surface area contributed by atoms with Crippen molar-refractivity contribution in [1.29, 1.82) is 0 Å². The van der Waals surface area contributed by atoms with Crippen LogP contribution in [0.5, 0.6) is 0 Å². The molecule has 2 heterocycles. The number of amides is 2. The van der Waals surface area contributed by atoms with Crippen molar-refractivity contribution in [3.05, 3.63) is 17.5 Å². The van der Waals surface area contributed by atoms with E-state index in [1.807, 2.05) is 29.5 Å². The molecule has 2 rings (SSSR count). The highest BCUT2D eigenvalue weighted by Gasteiger charge is 2.36. The minimum atomic E-state index is -0.406. The Labute approximate surface area is 149 Å². The number of nitrogens with zero attached hydrogens (tertiary/aromatic N) is 3. The first-order valence-electron chi connectivity index (χ1n) is 8.94. The number of piperidine rings is 1. The molecule has 140 valence electrons. The number of hydrogen-bond acceptors (Lipinski definition) is 4. The predicted octanol–water partition coefficient (Wildman–Crippen LogP) is 1.42. The van der Waals surface area contributed by atoms with Gasteiger partial charge >= 0.3 is 0 Å². The van der Waals surface area contributed by atoms with Crippen LogP contribution in [-0.2, 0) is 20.9 Å². The quantitative estimate of drug-likeness (QED) is 0.807. The summed E-state index contributed by atoms with van der Waals surface area (Å²) in [5, 5.41) is 7.33. The maximum atomic E-state index is 12.2. The molecule has 1 aromatic heterocycles. The number of methoxy groups -OCH3 is 1. The Bertz CT molecular complexity index is 613. The summed E-state index contributed by atoms with van der Waals surface area (Å²) in [5.74, 6) is 0.0772. The molecule has 0 bridgehead atoms. The fourth-order valence-corrected chi connectivity index (χ4v) is 3.47. The first-order valence-corrected chi connectivity index (χ1v) is 8.94. The third-order valence-corrected chi connectivity index (χ3v) is 4.97. The Balaban J connectivity index is 1.77. The molecule has 0 saturated carbocycles. The molecule has 1 aromatic rings. The molecular formula is C18H30N4O3. The summed E-state index contributed by atoms with van der Waals surface area (Å²) in [4.78, 5) is 25.6. The number of aromatic nitrogens is 2. The maximum absolute atomic E-state index is 12.2. The monoisotopic (exact) mass is 350 g/mol. The molecule has 0 aliphatic carbocycles. The summed E-state index contributed by atoms with van der Waals surface area (Å²) >= 11 is 0. The van der Waals surface area contributed by atoms with Gasteiger partial charge in [0.1, 0.15) is 0 Å². The molecule has 0 spiro atoms. The Kier molecular flexibility index (Phi) is 6.58. The van der Waals surface area contributed by atoms with Crippen molar-refractivity contribution in [3.63, 3.8) is 0 Å². The van der Waals surface area contributed by atoms with Gasteiger partial charge in [-0.05, 0) is 39.2 Å². The first-order chi connectivity index (χ1) is 11.8. The average Bonchev–Trinajstić information content (AvgIpc) is 2.90. The largest absolute Gasteiger partial charge is 0.376 e. The van der Waals surface area contributed by atoms with Crippen LogP contribution in [0.1, 0.15) is 44.0 Å². The molecule has 2 amide bonds. The number of carbonyl (C=O) groups is 2. The van der Waals surface area contributed by atoms with Crippen molar-refractivity contribution in [2.75, 3.05) is 26.7 Å². The highest BCUT2D eigenvalue weighted by Crippen LogP contribution is 2.29. The van der Waals surface area contributed by atoms with Gasteiger partial charge in [0.2, 0.25) is 11.8 Å². The zero-order valence-corrected chi connectivity index (χ0v) is 15.8. The minimum Gasteiger partial charge on any atom is -0.376 e. The summed E-state index contributed by atoms with van der Waals surface area (Å²) in [7, 11) is 1.67. The van der Waals surface area contributed by atoms with Gasteiger partial charge in [-0.3, -0.25) is 14.3 Å². The predicted molar refractivity (Wildman–Crippen MR) is 95.2 cm³/mol.